The summed E-state index contributed by atoms with van der Waals surface area (Å²) in [6.45, 7) is 4.39. The zero-order valence-corrected chi connectivity index (χ0v) is 21.6. The van der Waals surface area contributed by atoms with Crippen molar-refractivity contribution in [2.24, 2.45) is 11.8 Å². The van der Waals surface area contributed by atoms with Crippen LogP contribution >= 0.6 is 0 Å². The quantitative estimate of drug-likeness (QED) is 0.375. The Morgan fingerprint density at radius 3 is 2.62 bits per heavy atom. The summed E-state index contributed by atoms with van der Waals surface area (Å²) in [6.07, 6.45) is 3.73. The summed E-state index contributed by atoms with van der Waals surface area (Å²) < 4.78 is 12.1. The number of esters is 1. The third-order valence-electron chi connectivity index (χ3n) is 8.54. The Kier molecular flexibility index (Phi) is 6.98. The lowest BCUT2D eigenvalue weighted by Gasteiger charge is -2.33. The predicted molar refractivity (Wildman–Crippen MR) is 139 cm³/mol. The van der Waals surface area contributed by atoms with E-state index in [0.29, 0.717) is 44.3 Å². The number of nitrogens with one attached hydrogen (secondary N) is 1. The highest BCUT2D eigenvalue weighted by Gasteiger charge is 2.78. The van der Waals surface area contributed by atoms with Gasteiger partial charge in [0.05, 0.1) is 18.1 Å². The zero-order valence-electron chi connectivity index (χ0n) is 21.6. The first-order valence-corrected chi connectivity index (χ1v) is 13.5. The van der Waals surface area contributed by atoms with Crippen LogP contribution in [0.3, 0.4) is 0 Å². The molecule has 198 valence electrons. The van der Waals surface area contributed by atoms with Gasteiger partial charge in [-0.05, 0) is 68.4 Å². The summed E-state index contributed by atoms with van der Waals surface area (Å²) in [5.41, 5.74) is -1.21. The molecule has 2 amide bonds. The first-order valence-electron chi connectivity index (χ1n) is 13.5. The number of carbonyl (C=O) groups is 3. The van der Waals surface area contributed by atoms with Crippen LogP contribution in [0.5, 0.6) is 0 Å². The number of likely N-dealkylation sites (tertiary alicyclic amines) is 1. The first kappa shape index (κ1) is 25.7. The number of rotatable bonds is 10. The molecule has 2 aromatic rings. The van der Waals surface area contributed by atoms with E-state index in [1.807, 2.05) is 49.4 Å². The van der Waals surface area contributed by atoms with Crippen LogP contribution in [0, 0.1) is 11.8 Å². The minimum Gasteiger partial charge on any atom is -0.466 e. The van der Waals surface area contributed by atoms with Gasteiger partial charge in [0, 0.05) is 18.8 Å². The third-order valence-corrected chi connectivity index (χ3v) is 8.54. The van der Waals surface area contributed by atoms with Gasteiger partial charge < -0.3 is 24.8 Å². The van der Waals surface area contributed by atoms with Gasteiger partial charge in [-0.3, -0.25) is 14.4 Å². The number of nitrogens with zero attached hydrogens (tertiary/aromatic N) is 1. The van der Waals surface area contributed by atoms with E-state index in [1.54, 1.807) is 11.8 Å². The van der Waals surface area contributed by atoms with Gasteiger partial charge in [0.2, 0.25) is 11.8 Å². The summed E-state index contributed by atoms with van der Waals surface area (Å²) in [5, 5.41) is 14.3. The standard InChI is InChI=1S/C29H36N2O6/c1-3-28-14-15-29(37-28)22(23(28)27(35)36-4-2)26(34)31(16-8-5-9-17-32)24(29)25(33)30-21-13-12-19-10-6-7-11-20(19)18-21/h6-7,10-13,18,22-24,32H,3-5,8-9,14-17H2,1-2H3,(H,30,33)/t22-,23+,24?,28-,29?/m0/s1. The molecule has 3 saturated heterocycles. The van der Waals surface area contributed by atoms with Gasteiger partial charge in [-0.25, -0.2) is 0 Å². The number of hydrogen-bond acceptors (Lipinski definition) is 6. The lowest BCUT2D eigenvalue weighted by atomic mass is 9.65. The van der Waals surface area contributed by atoms with Gasteiger partial charge in [-0.15, -0.1) is 0 Å². The molecule has 2 unspecified atom stereocenters. The molecular formula is C29H36N2O6. The van der Waals surface area contributed by atoms with E-state index < -0.39 is 35.0 Å². The largest absolute Gasteiger partial charge is 0.466 e. The fourth-order valence-corrected chi connectivity index (χ4v) is 6.90. The van der Waals surface area contributed by atoms with Crippen LogP contribution in [0.4, 0.5) is 5.69 Å². The predicted octanol–water partition coefficient (Wildman–Crippen LogP) is 3.66. The number of aliphatic hydroxyl groups is 1. The summed E-state index contributed by atoms with van der Waals surface area (Å²) in [7, 11) is 0. The lowest BCUT2D eigenvalue weighted by molar-refractivity contribution is -0.160. The summed E-state index contributed by atoms with van der Waals surface area (Å²) in [6, 6.07) is 12.8. The van der Waals surface area contributed by atoms with Crippen LogP contribution in [-0.4, -0.2) is 64.8 Å². The van der Waals surface area contributed by atoms with Crippen molar-refractivity contribution in [1.82, 2.24) is 4.90 Å². The molecule has 0 aromatic heterocycles. The highest BCUT2D eigenvalue weighted by Crippen LogP contribution is 2.64. The van der Waals surface area contributed by atoms with Crippen molar-refractivity contribution in [1.29, 1.82) is 0 Å². The van der Waals surface area contributed by atoms with E-state index in [2.05, 4.69) is 5.32 Å². The second-order valence-corrected chi connectivity index (χ2v) is 10.5. The molecule has 2 N–H and O–H groups in total. The molecule has 0 saturated carbocycles. The van der Waals surface area contributed by atoms with Crippen molar-refractivity contribution >= 4 is 34.2 Å². The van der Waals surface area contributed by atoms with Gasteiger partial charge in [-0.2, -0.15) is 0 Å². The van der Waals surface area contributed by atoms with Crippen LogP contribution in [0.2, 0.25) is 0 Å². The Bertz CT molecular complexity index is 1200. The van der Waals surface area contributed by atoms with E-state index in [9.17, 15) is 19.5 Å². The van der Waals surface area contributed by atoms with E-state index >= 15 is 0 Å². The molecule has 2 bridgehead atoms. The number of benzene rings is 2. The fraction of sp³-hybridized carbons (Fsp3) is 0.552. The number of ether oxygens (including phenoxy) is 2. The molecule has 3 aliphatic rings. The number of anilines is 1. The number of carbonyl (C=O) groups excluding carboxylic acids is 3. The average Bonchev–Trinajstić information content (AvgIpc) is 3.50. The molecule has 5 atom stereocenters. The number of amides is 2. The summed E-state index contributed by atoms with van der Waals surface area (Å²) in [4.78, 5) is 42.7. The fourth-order valence-electron chi connectivity index (χ4n) is 6.90. The number of fused-ring (bicyclic) bond motifs is 2. The molecule has 8 nitrogen and oxygen atoms in total. The molecule has 0 aliphatic carbocycles. The molecular weight excluding hydrogens is 472 g/mol. The Labute approximate surface area is 217 Å². The highest BCUT2D eigenvalue weighted by molar-refractivity contribution is 6.04. The second-order valence-electron chi connectivity index (χ2n) is 10.5. The maximum absolute atomic E-state index is 14.0. The molecule has 0 radical (unpaired) electrons. The van der Waals surface area contributed by atoms with E-state index in [0.717, 1.165) is 17.2 Å². The van der Waals surface area contributed by atoms with Crippen molar-refractivity contribution in [3.05, 3.63) is 42.5 Å². The average molecular weight is 509 g/mol. The van der Waals surface area contributed by atoms with Gasteiger partial charge in [0.15, 0.2) is 0 Å². The molecule has 1 spiro atoms. The van der Waals surface area contributed by atoms with Crippen LogP contribution in [0.1, 0.15) is 52.4 Å². The normalized spacial score (nSPS) is 30.1. The maximum Gasteiger partial charge on any atom is 0.312 e. The van der Waals surface area contributed by atoms with Gasteiger partial charge >= 0.3 is 5.97 Å². The second kappa shape index (κ2) is 10.1. The van der Waals surface area contributed by atoms with Crippen LogP contribution < -0.4 is 5.32 Å². The lowest BCUT2D eigenvalue weighted by Crippen LogP contribution is -2.53. The van der Waals surface area contributed by atoms with Crippen molar-refractivity contribution in [3.63, 3.8) is 0 Å². The molecule has 2 aromatic carbocycles. The Morgan fingerprint density at radius 2 is 1.89 bits per heavy atom. The smallest absolute Gasteiger partial charge is 0.312 e. The Hall–Kier alpha value is -2.97. The third kappa shape index (κ3) is 4.10. The zero-order chi connectivity index (χ0) is 26.2. The van der Waals surface area contributed by atoms with Gasteiger partial charge in [0.25, 0.3) is 0 Å². The van der Waals surface area contributed by atoms with Crippen LogP contribution in [0.15, 0.2) is 42.5 Å². The van der Waals surface area contributed by atoms with Crippen LogP contribution in [-0.2, 0) is 23.9 Å². The SMILES string of the molecule is CCOC(=O)[C@H]1[C@H]2C(=O)N(CCCCCO)C(C(=O)Nc3ccc4ccccc4c3)C23CC[C@]1(CC)O3. The van der Waals surface area contributed by atoms with Gasteiger partial charge in [0.1, 0.15) is 17.6 Å². The van der Waals surface area contributed by atoms with Crippen molar-refractivity contribution in [3.8, 4) is 0 Å². The monoisotopic (exact) mass is 508 g/mol. The molecule has 5 rings (SSSR count). The molecule has 8 heteroatoms. The summed E-state index contributed by atoms with van der Waals surface area (Å²) >= 11 is 0. The van der Waals surface area contributed by atoms with Crippen LogP contribution in [0.25, 0.3) is 10.8 Å². The Balaban J connectivity index is 1.49. The molecule has 3 fully saturated rings. The van der Waals surface area contributed by atoms with Crippen molar-refractivity contribution in [2.45, 2.75) is 69.6 Å². The summed E-state index contributed by atoms with van der Waals surface area (Å²) in [5.74, 6) is -2.40. The van der Waals surface area contributed by atoms with Gasteiger partial charge in [-0.1, -0.05) is 37.3 Å². The first-order chi connectivity index (χ1) is 17.9. The van der Waals surface area contributed by atoms with Crippen molar-refractivity contribution < 1.29 is 29.0 Å². The molecule has 3 heterocycles. The van der Waals surface area contributed by atoms with E-state index in [1.165, 1.54) is 0 Å². The highest BCUT2D eigenvalue weighted by atomic mass is 16.6. The topological polar surface area (TPSA) is 105 Å². The minimum absolute atomic E-state index is 0.0828. The number of unbranched alkanes of at least 4 members (excludes halogenated alkanes) is 2. The van der Waals surface area contributed by atoms with Crippen molar-refractivity contribution in [2.75, 3.05) is 25.1 Å². The minimum atomic E-state index is -1.07. The number of aliphatic hydroxyl groups excluding tert-OH is 1. The van der Waals surface area contributed by atoms with E-state index in [-0.39, 0.29) is 25.0 Å². The maximum atomic E-state index is 14.0. The van der Waals surface area contributed by atoms with E-state index in [4.69, 9.17) is 9.47 Å². The Morgan fingerprint density at radius 1 is 1.11 bits per heavy atom. The molecule has 3 aliphatic heterocycles. The number of hydrogen-bond donors (Lipinski definition) is 2. The molecule has 37 heavy (non-hydrogen) atoms.